The molecule has 0 bridgehead atoms. The van der Waals surface area contributed by atoms with Crippen molar-refractivity contribution in [1.29, 1.82) is 0 Å². The number of halogens is 1. The smallest absolute Gasteiger partial charge is 0.265 e. The van der Waals surface area contributed by atoms with Crippen LogP contribution in [-0.2, 0) is 6.54 Å². The van der Waals surface area contributed by atoms with Crippen molar-refractivity contribution in [1.82, 2.24) is 14.9 Å². The molecule has 0 radical (unpaired) electrons. The summed E-state index contributed by atoms with van der Waals surface area (Å²) >= 11 is 7.43. The maximum absolute atomic E-state index is 12.9. The van der Waals surface area contributed by atoms with Gasteiger partial charge in [-0.25, -0.2) is 4.98 Å². The molecule has 0 spiro atoms. The van der Waals surface area contributed by atoms with Gasteiger partial charge in [0.2, 0.25) is 0 Å². The number of methoxy groups -OCH3 is 1. The molecule has 0 saturated heterocycles. The Hall–Kier alpha value is -2.44. The average Bonchev–Trinajstić information content (AvgIpc) is 3.03. The van der Waals surface area contributed by atoms with Crippen LogP contribution in [-0.4, -0.2) is 34.9 Å². The molecule has 1 aromatic carbocycles. The topological polar surface area (TPSA) is 55.3 Å². The van der Waals surface area contributed by atoms with Crippen molar-refractivity contribution in [3.63, 3.8) is 0 Å². The van der Waals surface area contributed by atoms with E-state index in [2.05, 4.69) is 9.97 Å². The largest absolute Gasteiger partial charge is 0.496 e. The fraction of sp³-hybridized carbons (Fsp3) is 0.211. The van der Waals surface area contributed by atoms with Crippen LogP contribution in [0.25, 0.3) is 10.7 Å². The lowest BCUT2D eigenvalue weighted by molar-refractivity contribution is 0.0788. The van der Waals surface area contributed by atoms with Gasteiger partial charge >= 0.3 is 0 Å². The number of ether oxygens (including phenoxy) is 1. The number of hydrogen-bond donors (Lipinski definition) is 0. The van der Waals surface area contributed by atoms with Crippen LogP contribution < -0.4 is 4.74 Å². The second kappa shape index (κ2) is 7.85. The van der Waals surface area contributed by atoms with Gasteiger partial charge in [0.05, 0.1) is 18.5 Å². The summed E-state index contributed by atoms with van der Waals surface area (Å²) in [5.41, 5.74) is 2.31. The minimum Gasteiger partial charge on any atom is -0.496 e. The molecule has 134 valence electrons. The summed E-state index contributed by atoms with van der Waals surface area (Å²) in [6, 6.07) is 11.0. The van der Waals surface area contributed by atoms with E-state index >= 15 is 0 Å². The zero-order valence-electron chi connectivity index (χ0n) is 14.7. The van der Waals surface area contributed by atoms with Gasteiger partial charge in [-0.3, -0.25) is 9.78 Å². The Morgan fingerprint density at radius 1 is 1.31 bits per heavy atom. The highest BCUT2D eigenvalue weighted by atomic mass is 35.5. The standard InChI is InChI=1S/C19H18ClN3O2S/c1-12-17(26-18(22-12)15-6-4-5-9-21-15)19(24)23(2)11-13-10-14(20)7-8-16(13)25-3/h4-10H,11H2,1-3H3. The minimum atomic E-state index is -0.0933. The van der Waals surface area contributed by atoms with Gasteiger partial charge in [-0.1, -0.05) is 17.7 Å². The Morgan fingerprint density at radius 2 is 2.12 bits per heavy atom. The zero-order chi connectivity index (χ0) is 18.7. The fourth-order valence-corrected chi connectivity index (χ4v) is 3.80. The Morgan fingerprint density at radius 3 is 2.81 bits per heavy atom. The Balaban J connectivity index is 1.83. The molecule has 3 aromatic rings. The summed E-state index contributed by atoms with van der Waals surface area (Å²) in [5.74, 6) is 0.605. The number of rotatable bonds is 5. The van der Waals surface area contributed by atoms with Crippen molar-refractivity contribution in [2.45, 2.75) is 13.5 Å². The number of aromatic nitrogens is 2. The normalized spacial score (nSPS) is 10.6. The van der Waals surface area contributed by atoms with Crippen molar-refractivity contribution in [2.75, 3.05) is 14.2 Å². The van der Waals surface area contributed by atoms with E-state index in [1.165, 1.54) is 11.3 Å². The fourth-order valence-electron chi connectivity index (χ4n) is 2.57. The van der Waals surface area contributed by atoms with E-state index in [0.717, 1.165) is 16.3 Å². The number of pyridine rings is 1. The molecule has 0 atom stereocenters. The van der Waals surface area contributed by atoms with Crippen molar-refractivity contribution in [3.8, 4) is 16.5 Å². The first kappa shape index (κ1) is 18.4. The van der Waals surface area contributed by atoms with E-state index in [-0.39, 0.29) is 5.91 Å². The van der Waals surface area contributed by atoms with Gasteiger partial charge in [0, 0.05) is 30.4 Å². The van der Waals surface area contributed by atoms with Crippen LogP contribution in [0.4, 0.5) is 0 Å². The minimum absolute atomic E-state index is 0.0933. The molecule has 0 N–H and O–H groups in total. The van der Waals surface area contributed by atoms with Crippen molar-refractivity contribution in [3.05, 3.63) is 63.8 Å². The lowest BCUT2D eigenvalue weighted by Crippen LogP contribution is -2.26. The van der Waals surface area contributed by atoms with Crippen LogP contribution in [0.3, 0.4) is 0 Å². The Kier molecular flexibility index (Phi) is 5.54. The number of hydrogen-bond acceptors (Lipinski definition) is 5. The monoisotopic (exact) mass is 387 g/mol. The van der Waals surface area contributed by atoms with Gasteiger partial charge in [0.15, 0.2) is 0 Å². The molecule has 0 fully saturated rings. The maximum Gasteiger partial charge on any atom is 0.265 e. The number of nitrogens with zero attached hydrogens (tertiary/aromatic N) is 3. The molecule has 7 heteroatoms. The third-order valence-electron chi connectivity index (χ3n) is 3.87. The predicted molar refractivity (Wildman–Crippen MR) is 104 cm³/mol. The van der Waals surface area contributed by atoms with E-state index in [9.17, 15) is 4.79 Å². The van der Waals surface area contributed by atoms with E-state index in [0.29, 0.717) is 27.9 Å². The second-order valence-corrected chi connectivity index (χ2v) is 7.20. The Labute approximate surface area is 161 Å². The summed E-state index contributed by atoms with van der Waals surface area (Å²) in [6.45, 7) is 2.23. The molecule has 2 aromatic heterocycles. The van der Waals surface area contributed by atoms with Crippen molar-refractivity contribution in [2.24, 2.45) is 0 Å². The van der Waals surface area contributed by atoms with E-state index in [1.54, 1.807) is 37.4 Å². The molecule has 1 amide bonds. The molecular formula is C19H18ClN3O2S. The molecule has 0 unspecified atom stereocenters. The number of thiazole rings is 1. The number of amides is 1. The van der Waals surface area contributed by atoms with Gasteiger partial charge in [0.25, 0.3) is 5.91 Å². The summed E-state index contributed by atoms with van der Waals surface area (Å²) in [6.07, 6.45) is 1.71. The molecule has 0 saturated carbocycles. The average molecular weight is 388 g/mol. The molecule has 5 nitrogen and oxygen atoms in total. The molecule has 0 aliphatic heterocycles. The van der Waals surface area contributed by atoms with Gasteiger partial charge in [-0.2, -0.15) is 0 Å². The summed E-state index contributed by atoms with van der Waals surface area (Å²) < 4.78 is 5.36. The number of carbonyl (C=O) groups is 1. The summed E-state index contributed by atoms with van der Waals surface area (Å²) in [4.78, 5) is 23.9. The molecule has 26 heavy (non-hydrogen) atoms. The SMILES string of the molecule is COc1ccc(Cl)cc1CN(C)C(=O)c1sc(-c2ccccn2)nc1C. The van der Waals surface area contributed by atoms with Gasteiger partial charge in [-0.15, -0.1) is 11.3 Å². The van der Waals surface area contributed by atoms with Gasteiger partial charge < -0.3 is 9.64 Å². The summed E-state index contributed by atoms with van der Waals surface area (Å²) in [7, 11) is 3.35. The van der Waals surface area contributed by atoms with Crippen LogP contribution in [0.15, 0.2) is 42.6 Å². The van der Waals surface area contributed by atoms with Crippen molar-refractivity contribution >= 4 is 28.8 Å². The highest BCUT2D eigenvalue weighted by molar-refractivity contribution is 7.17. The molecule has 2 heterocycles. The first-order chi connectivity index (χ1) is 12.5. The van der Waals surface area contributed by atoms with Crippen LogP contribution in [0.5, 0.6) is 5.75 Å². The number of aryl methyl sites for hydroxylation is 1. The number of carbonyl (C=O) groups excluding carboxylic acids is 1. The van der Waals surface area contributed by atoms with Gasteiger partial charge in [0.1, 0.15) is 15.6 Å². The zero-order valence-corrected chi connectivity index (χ0v) is 16.3. The lowest BCUT2D eigenvalue weighted by Gasteiger charge is -2.18. The van der Waals surface area contributed by atoms with Crippen LogP contribution in [0, 0.1) is 6.92 Å². The third-order valence-corrected chi connectivity index (χ3v) is 5.27. The van der Waals surface area contributed by atoms with Crippen LogP contribution >= 0.6 is 22.9 Å². The lowest BCUT2D eigenvalue weighted by atomic mass is 10.2. The summed E-state index contributed by atoms with van der Waals surface area (Å²) in [5, 5.41) is 1.34. The maximum atomic E-state index is 12.9. The molecule has 0 aliphatic carbocycles. The third kappa shape index (κ3) is 3.86. The quantitative estimate of drug-likeness (QED) is 0.649. The highest BCUT2D eigenvalue weighted by Crippen LogP contribution is 2.29. The van der Waals surface area contributed by atoms with E-state index in [4.69, 9.17) is 16.3 Å². The van der Waals surface area contributed by atoms with Crippen LogP contribution in [0.1, 0.15) is 20.9 Å². The second-order valence-electron chi connectivity index (χ2n) is 5.77. The van der Waals surface area contributed by atoms with E-state index in [1.807, 2.05) is 31.2 Å². The van der Waals surface area contributed by atoms with E-state index < -0.39 is 0 Å². The molecular weight excluding hydrogens is 370 g/mol. The highest BCUT2D eigenvalue weighted by Gasteiger charge is 2.21. The first-order valence-corrected chi connectivity index (χ1v) is 9.15. The number of benzene rings is 1. The molecule has 3 rings (SSSR count). The predicted octanol–water partition coefficient (Wildman–Crippen LogP) is 4.45. The van der Waals surface area contributed by atoms with Crippen LogP contribution in [0.2, 0.25) is 5.02 Å². The van der Waals surface area contributed by atoms with Crippen molar-refractivity contribution < 1.29 is 9.53 Å². The molecule has 0 aliphatic rings. The van der Waals surface area contributed by atoms with Gasteiger partial charge in [-0.05, 0) is 37.3 Å². The Bertz CT molecular complexity index is 928. The first-order valence-electron chi connectivity index (χ1n) is 7.96.